The molecule has 0 saturated heterocycles. The number of anilines is 1. The Hall–Kier alpha value is -1.83. The third-order valence-corrected chi connectivity index (χ3v) is 2.54. The SMILES string of the molecule is COC(=O)c1ccc(N(CCO)CC(F)(F)F)nc1C. The van der Waals surface area contributed by atoms with Crippen LogP contribution in [0.5, 0.6) is 0 Å². The second-order valence-corrected chi connectivity index (χ2v) is 4.05. The van der Waals surface area contributed by atoms with E-state index in [2.05, 4.69) is 9.72 Å². The maximum absolute atomic E-state index is 12.5. The van der Waals surface area contributed by atoms with E-state index >= 15 is 0 Å². The molecule has 0 aliphatic rings. The minimum Gasteiger partial charge on any atom is -0.465 e. The number of pyridine rings is 1. The summed E-state index contributed by atoms with van der Waals surface area (Å²) in [5, 5.41) is 8.83. The Labute approximate surface area is 114 Å². The Morgan fingerprint density at radius 1 is 1.45 bits per heavy atom. The number of halogens is 3. The molecule has 0 radical (unpaired) electrons. The summed E-state index contributed by atoms with van der Waals surface area (Å²) in [4.78, 5) is 16.2. The summed E-state index contributed by atoms with van der Waals surface area (Å²) in [6.07, 6.45) is -4.41. The molecular formula is C12H15F3N2O3. The van der Waals surface area contributed by atoms with Gasteiger partial charge in [0.15, 0.2) is 0 Å². The first-order valence-electron chi connectivity index (χ1n) is 5.77. The number of ether oxygens (including phenoxy) is 1. The Kier molecular flexibility index (Phi) is 5.32. The molecule has 1 heterocycles. The van der Waals surface area contributed by atoms with Crippen molar-refractivity contribution in [1.29, 1.82) is 0 Å². The van der Waals surface area contributed by atoms with Gasteiger partial charge in [0.2, 0.25) is 0 Å². The number of aliphatic hydroxyl groups is 1. The Bertz CT molecular complexity index is 478. The highest BCUT2D eigenvalue weighted by atomic mass is 19.4. The van der Waals surface area contributed by atoms with Crippen molar-refractivity contribution >= 4 is 11.8 Å². The Morgan fingerprint density at radius 3 is 2.55 bits per heavy atom. The lowest BCUT2D eigenvalue weighted by molar-refractivity contribution is -0.120. The van der Waals surface area contributed by atoms with E-state index in [9.17, 15) is 18.0 Å². The van der Waals surface area contributed by atoms with Crippen molar-refractivity contribution in [1.82, 2.24) is 4.98 Å². The zero-order valence-electron chi connectivity index (χ0n) is 11.1. The quantitative estimate of drug-likeness (QED) is 0.834. The average Bonchev–Trinajstić information content (AvgIpc) is 2.35. The van der Waals surface area contributed by atoms with Gasteiger partial charge in [-0.3, -0.25) is 0 Å². The minimum absolute atomic E-state index is 0.0431. The molecule has 1 rings (SSSR count). The monoisotopic (exact) mass is 292 g/mol. The molecule has 0 aliphatic heterocycles. The van der Waals surface area contributed by atoms with Crippen LogP contribution in [0, 0.1) is 6.92 Å². The van der Waals surface area contributed by atoms with E-state index < -0.39 is 25.3 Å². The second kappa shape index (κ2) is 6.56. The van der Waals surface area contributed by atoms with E-state index in [-0.39, 0.29) is 23.6 Å². The highest BCUT2D eigenvalue weighted by Gasteiger charge is 2.31. The molecule has 112 valence electrons. The lowest BCUT2D eigenvalue weighted by atomic mass is 10.2. The number of carbonyl (C=O) groups excluding carboxylic acids is 1. The van der Waals surface area contributed by atoms with Crippen LogP contribution in [0.2, 0.25) is 0 Å². The van der Waals surface area contributed by atoms with Gasteiger partial charge in [-0.15, -0.1) is 0 Å². The molecule has 0 aliphatic carbocycles. The predicted octanol–water partition coefficient (Wildman–Crippen LogP) is 1.54. The fourth-order valence-electron chi connectivity index (χ4n) is 1.66. The molecule has 0 amide bonds. The van der Waals surface area contributed by atoms with Crippen LogP contribution >= 0.6 is 0 Å². The van der Waals surface area contributed by atoms with Crippen molar-refractivity contribution < 1.29 is 27.8 Å². The fraction of sp³-hybridized carbons (Fsp3) is 0.500. The highest BCUT2D eigenvalue weighted by Crippen LogP contribution is 2.21. The number of aliphatic hydroxyl groups excluding tert-OH is 1. The second-order valence-electron chi connectivity index (χ2n) is 4.05. The van der Waals surface area contributed by atoms with Gasteiger partial charge in [-0.05, 0) is 19.1 Å². The Morgan fingerprint density at radius 2 is 2.10 bits per heavy atom. The molecule has 1 aromatic rings. The minimum atomic E-state index is -4.41. The predicted molar refractivity (Wildman–Crippen MR) is 65.7 cm³/mol. The van der Waals surface area contributed by atoms with Gasteiger partial charge in [0, 0.05) is 6.54 Å². The first-order valence-corrected chi connectivity index (χ1v) is 5.77. The number of nitrogens with zero attached hydrogens (tertiary/aromatic N) is 2. The smallest absolute Gasteiger partial charge is 0.405 e. The van der Waals surface area contributed by atoms with Crippen molar-refractivity contribution in [3.8, 4) is 0 Å². The van der Waals surface area contributed by atoms with Crippen molar-refractivity contribution in [3.05, 3.63) is 23.4 Å². The molecule has 0 aromatic carbocycles. The molecule has 1 N–H and O–H groups in total. The molecule has 0 atom stereocenters. The third kappa shape index (κ3) is 4.37. The van der Waals surface area contributed by atoms with E-state index in [0.29, 0.717) is 0 Å². The molecule has 5 nitrogen and oxygen atoms in total. The molecule has 1 aromatic heterocycles. The molecule has 8 heteroatoms. The van der Waals surface area contributed by atoms with Crippen LogP contribution in [0.1, 0.15) is 16.1 Å². The largest absolute Gasteiger partial charge is 0.465 e. The van der Waals surface area contributed by atoms with Gasteiger partial charge in [-0.2, -0.15) is 13.2 Å². The number of rotatable bonds is 5. The lowest BCUT2D eigenvalue weighted by Gasteiger charge is -2.24. The van der Waals surface area contributed by atoms with Crippen LogP contribution < -0.4 is 4.90 Å². The molecule has 0 bridgehead atoms. The normalized spacial score (nSPS) is 11.3. The lowest BCUT2D eigenvalue weighted by Crippen LogP contribution is -2.37. The van der Waals surface area contributed by atoms with Crippen LogP contribution in [-0.4, -0.2) is 49.0 Å². The first-order chi connectivity index (χ1) is 9.28. The third-order valence-electron chi connectivity index (χ3n) is 2.54. The van der Waals surface area contributed by atoms with Crippen LogP contribution in [0.4, 0.5) is 19.0 Å². The molecular weight excluding hydrogens is 277 g/mol. The molecule has 0 spiro atoms. The van der Waals surface area contributed by atoms with Crippen molar-refractivity contribution in [3.63, 3.8) is 0 Å². The van der Waals surface area contributed by atoms with Crippen LogP contribution in [0.15, 0.2) is 12.1 Å². The zero-order chi connectivity index (χ0) is 15.3. The summed E-state index contributed by atoms with van der Waals surface area (Å²) in [6.45, 7) is -0.364. The van der Waals surface area contributed by atoms with Gasteiger partial charge < -0.3 is 14.7 Å². The molecule has 20 heavy (non-hydrogen) atoms. The van der Waals surface area contributed by atoms with Gasteiger partial charge in [0.1, 0.15) is 12.4 Å². The topological polar surface area (TPSA) is 62.7 Å². The average molecular weight is 292 g/mol. The number of methoxy groups -OCH3 is 1. The maximum Gasteiger partial charge on any atom is 0.405 e. The van der Waals surface area contributed by atoms with Gasteiger partial charge in [0.05, 0.1) is 25.0 Å². The van der Waals surface area contributed by atoms with Gasteiger partial charge >= 0.3 is 12.1 Å². The molecule has 0 saturated carbocycles. The number of alkyl halides is 3. The molecule has 0 unspecified atom stereocenters. The first kappa shape index (κ1) is 16.2. The van der Waals surface area contributed by atoms with Crippen molar-refractivity contribution in [2.75, 3.05) is 31.7 Å². The summed E-state index contributed by atoms with van der Waals surface area (Å²) in [7, 11) is 1.21. The maximum atomic E-state index is 12.5. The standard InChI is InChI=1S/C12H15F3N2O3/c1-8-9(11(19)20-2)3-4-10(16-8)17(5-6-18)7-12(13,14)15/h3-4,18H,5-7H2,1-2H3. The number of carbonyl (C=O) groups is 1. The highest BCUT2D eigenvalue weighted by molar-refractivity contribution is 5.90. The van der Waals surface area contributed by atoms with Crippen molar-refractivity contribution in [2.45, 2.75) is 13.1 Å². The molecule has 0 fully saturated rings. The summed E-state index contributed by atoms with van der Waals surface area (Å²) in [6, 6.07) is 2.64. The van der Waals surface area contributed by atoms with E-state index in [0.717, 1.165) is 4.90 Å². The summed E-state index contributed by atoms with van der Waals surface area (Å²) in [5.74, 6) is -0.562. The van der Waals surface area contributed by atoms with E-state index in [1.807, 2.05) is 0 Å². The number of aryl methyl sites for hydroxylation is 1. The summed E-state index contributed by atoms with van der Waals surface area (Å²) in [5.41, 5.74) is 0.451. The van der Waals surface area contributed by atoms with Gasteiger partial charge in [-0.25, -0.2) is 9.78 Å². The van der Waals surface area contributed by atoms with Crippen LogP contribution in [0.3, 0.4) is 0 Å². The zero-order valence-corrected chi connectivity index (χ0v) is 11.1. The van der Waals surface area contributed by atoms with Gasteiger partial charge in [0.25, 0.3) is 0 Å². The Balaban J connectivity index is 3.03. The summed E-state index contributed by atoms with van der Waals surface area (Å²) < 4.78 is 41.9. The number of hydrogen-bond acceptors (Lipinski definition) is 5. The number of aromatic nitrogens is 1. The van der Waals surface area contributed by atoms with E-state index in [4.69, 9.17) is 5.11 Å². The number of hydrogen-bond donors (Lipinski definition) is 1. The number of esters is 1. The van der Waals surface area contributed by atoms with Crippen molar-refractivity contribution in [2.24, 2.45) is 0 Å². The van der Waals surface area contributed by atoms with E-state index in [1.165, 1.54) is 26.2 Å². The fourth-order valence-corrected chi connectivity index (χ4v) is 1.66. The summed E-state index contributed by atoms with van der Waals surface area (Å²) >= 11 is 0. The van der Waals surface area contributed by atoms with Gasteiger partial charge in [-0.1, -0.05) is 0 Å². The van der Waals surface area contributed by atoms with Crippen LogP contribution in [-0.2, 0) is 4.74 Å². The van der Waals surface area contributed by atoms with Crippen LogP contribution in [0.25, 0.3) is 0 Å². The van der Waals surface area contributed by atoms with E-state index in [1.54, 1.807) is 0 Å².